The van der Waals surface area contributed by atoms with E-state index in [1.165, 1.54) is 23.1 Å². The van der Waals surface area contributed by atoms with Crippen LogP contribution in [0.5, 0.6) is 5.75 Å². The molecule has 1 N–H and O–H groups in total. The number of methoxy groups -OCH3 is 1. The smallest absolute Gasteiger partial charge is 0.263 e. The van der Waals surface area contributed by atoms with Gasteiger partial charge >= 0.3 is 0 Å². The van der Waals surface area contributed by atoms with Gasteiger partial charge in [-0.15, -0.1) is 17.9 Å². The Kier molecular flexibility index (Phi) is 6.96. The summed E-state index contributed by atoms with van der Waals surface area (Å²) in [4.78, 5) is 31.4. The highest BCUT2D eigenvalue weighted by Crippen LogP contribution is 2.32. The first kappa shape index (κ1) is 22.8. The fourth-order valence-corrected chi connectivity index (χ4v) is 5.27. The van der Waals surface area contributed by atoms with Crippen molar-refractivity contribution in [3.05, 3.63) is 82.5 Å². The molecule has 0 aliphatic heterocycles. The molecule has 0 unspecified atom stereocenters. The third-order valence-corrected chi connectivity index (χ3v) is 6.87. The molecule has 0 aliphatic carbocycles. The Morgan fingerprint density at radius 1 is 1.27 bits per heavy atom. The standard InChI is InChI=1S/C25H23N3O3S2/c1-4-12-28-24(30)22-18(17-8-6-5-7-9-17)14-32-23(22)27-25(28)33-15-21(29)26-19-13-16(2)10-11-20(19)31-3/h4-11,13-14H,1,12,15H2,2-3H3,(H,26,29). The number of carbonyl (C=O) groups is 1. The lowest BCUT2D eigenvalue weighted by molar-refractivity contribution is -0.113. The second kappa shape index (κ2) is 10.1. The molecule has 0 saturated heterocycles. The minimum atomic E-state index is -0.209. The van der Waals surface area contributed by atoms with Crippen LogP contribution in [0.1, 0.15) is 5.56 Å². The van der Waals surface area contributed by atoms with Gasteiger partial charge < -0.3 is 10.1 Å². The maximum absolute atomic E-state index is 13.4. The van der Waals surface area contributed by atoms with Gasteiger partial charge in [-0.1, -0.05) is 54.2 Å². The highest BCUT2D eigenvalue weighted by Gasteiger charge is 2.18. The zero-order valence-corrected chi connectivity index (χ0v) is 20.0. The lowest BCUT2D eigenvalue weighted by Gasteiger charge is -2.12. The van der Waals surface area contributed by atoms with Crippen molar-refractivity contribution in [3.63, 3.8) is 0 Å². The van der Waals surface area contributed by atoms with E-state index in [9.17, 15) is 9.59 Å². The predicted molar refractivity (Wildman–Crippen MR) is 137 cm³/mol. The van der Waals surface area contributed by atoms with Gasteiger partial charge in [0.05, 0.1) is 23.9 Å². The third-order valence-electron chi connectivity index (χ3n) is 5.02. The molecule has 4 aromatic rings. The number of nitrogens with zero attached hydrogens (tertiary/aromatic N) is 2. The number of carbonyl (C=O) groups excluding carboxylic acids is 1. The van der Waals surface area contributed by atoms with Gasteiger partial charge in [0.1, 0.15) is 10.6 Å². The van der Waals surface area contributed by atoms with Crippen molar-refractivity contribution < 1.29 is 9.53 Å². The van der Waals surface area contributed by atoms with Crippen LogP contribution >= 0.6 is 23.1 Å². The number of aromatic nitrogens is 2. The van der Waals surface area contributed by atoms with Crippen molar-refractivity contribution in [2.75, 3.05) is 18.2 Å². The summed E-state index contributed by atoms with van der Waals surface area (Å²) in [5.41, 5.74) is 3.33. The number of aryl methyl sites for hydroxylation is 1. The molecule has 0 spiro atoms. The zero-order chi connectivity index (χ0) is 23.4. The van der Waals surface area contributed by atoms with Crippen molar-refractivity contribution in [3.8, 4) is 16.9 Å². The molecule has 0 bridgehead atoms. The van der Waals surface area contributed by atoms with E-state index in [2.05, 4.69) is 11.9 Å². The fraction of sp³-hybridized carbons (Fsp3) is 0.160. The van der Waals surface area contributed by atoms with E-state index in [-0.39, 0.29) is 17.2 Å². The van der Waals surface area contributed by atoms with Crippen molar-refractivity contribution >= 4 is 44.9 Å². The van der Waals surface area contributed by atoms with E-state index in [0.717, 1.165) is 16.7 Å². The first-order valence-corrected chi connectivity index (χ1v) is 12.1. The second-order valence-corrected chi connectivity index (χ2v) is 9.14. The number of allylic oxidation sites excluding steroid dienone is 1. The van der Waals surface area contributed by atoms with E-state index in [4.69, 9.17) is 9.72 Å². The van der Waals surface area contributed by atoms with Gasteiger partial charge in [-0.05, 0) is 30.2 Å². The number of hydrogen-bond donors (Lipinski definition) is 1. The second-order valence-electron chi connectivity index (χ2n) is 7.33. The summed E-state index contributed by atoms with van der Waals surface area (Å²) in [5.74, 6) is 0.483. The number of benzene rings is 2. The van der Waals surface area contributed by atoms with Crippen LogP contribution < -0.4 is 15.6 Å². The third kappa shape index (κ3) is 4.86. The van der Waals surface area contributed by atoms with Gasteiger partial charge in [0, 0.05) is 17.5 Å². The molecule has 0 aliphatic rings. The molecule has 168 valence electrons. The Labute approximate surface area is 199 Å². The molecule has 2 aromatic heterocycles. The van der Waals surface area contributed by atoms with E-state index in [1.54, 1.807) is 17.8 Å². The molecule has 2 heterocycles. The largest absolute Gasteiger partial charge is 0.495 e. The molecule has 2 aromatic carbocycles. The summed E-state index contributed by atoms with van der Waals surface area (Å²) in [6, 6.07) is 15.4. The number of fused-ring (bicyclic) bond motifs is 1. The topological polar surface area (TPSA) is 73.2 Å². The number of anilines is 1. The van der Waals surface area contributed by atoms with Crippen molar-refractivity contribution in [2.24, 2.45) is 0 Å². The van der Waals surface area contributed by atoms with Crippen LogP contribution in [0, 0.1) is 6.92 Å². The molecule has 8 heteroatoms. The minimum absolute atomic E-state index is 0.100. The van der Waals surface area contributed by atoms with Crippen LogP contribution in [-0.4, -0.2) is 28.3 Å². The Hall–Kier alpha value is -3.36. The number of hydrogen-bond acceptors (Lipinski definition) is 6. The summed E-state index contributed by atoms with van der Waals surface area (Å²) >= 11 is 2.65. The van der Waals surface area contributed by atoms with Crippen LogP contribution in [0.25, 0.3) is 21.3 Å². The molecule has 33 heavy (non-hydrogen) atoms. The molecule has 6 nitrogen and oxygen atoms in total. The number of ether oxygens (including phenoxy) is 1. The molecule has 0 atom stereocenters. The van der Waals surface area contributed by atoms with Crippen LogP contribution in [0.15, 0.2) is 76.5 Å². The Bertz CT molecular complexity index is 1380. The lowest BCUT2D eigenvalue weighted by Crippen LogP contribution is -2.23. The molecule has 0 fully saturated rings. The summed E-state index contributed by atoms with van der Waals surface area (Å²) in [5, 5.41) is 5.92. The Balaban J connectivity index is 1.62. The minimum Gasteiger partial charge on any atom is -0.495 e. The van der Waals surface area contributed by atoms with Gasteiger partial charge in [-0.3, -0.25) is 14.2 Å². The average Bonchev–Trinajstić information content (AvgIpc) is 3.25. The molecular formula is C25H23N3O3S2. The maximum atomic E-state index is 13.4. The molecule has 1 amide bonds. The van der Waals surface area contributed by atoms with Crippen LogP contribution in [0.4, 0.5) is 5.69 Å². The monoisotopic (exact) mass is 477 g/mol. The first-order chi connectivity index (χ1) is 16.0. The lowest BCUT2D eigenvalue weighted by atomic mass is 10.1. The number of nitrogens with one attached hydrogen (secondary N) is 1. The van der Waals surface area contributed by atoms with E-state index >= 15 is 0 Å². The zero-order valence-electron chi connectivity index (χ0n) is 18.3. The van der Waals surface area contributed by atoms with Crippen molar-refractivity contribution in [1.29, 1.82) is 0 Å². The fourth-order valence-electron chi connectivity index (χ4n) is 3.47. The Morgan fingerprint density at radius 3 is 2.79 bits per heavy atom. The number of rotatable bonds is 8. The highest BCUT2D eigenvalue weighted by molar-refractivity contribution is 7.99. The predicted octanol–water partition coefficient (Wildman–Crippen LogP) is 5.36. The normalized spacial score (nSPS) is 10.8. The highest BCUT2D eigenvalue weighted by atomic mass is 32.2. The van der Waals surface area contributed by atoms with Crippen LogP contribution in [-0.2, 0) is 11.3 Å². The van der Waals surface area contributed by atoms with Gasteiger partial charge in [0.25, 0.3) is 5.56 Å². The number of amides is 1. The summed E-state index contributed by atoms with van der Waals surface area (Å²) in [6.45, 7) is 6.03. The van der Waals surface area contributed by atoms with Crippen molar-refractivity contribution in [2.45, 2.75) is 18.6 Å². The van der Waals surface area contributed by atoms with Crippen molar-refractivity contribution in [1.82, 2.24) is 9.55 Å². The van der Waals surface area contributed by atoms with E-state index in [0.29, 0.717) is 33.4 Å². The Morgan fingerprint density at radius 2 is 2.06 bits per heavy atom. The van der Waals surface area contributed by atoms with Crippen LogP contribution in [0.2, 0.25) is 0 Å². The van der Waals surface area contributed by atoms with Gasteiger partial charge in [0.2, 0.25) is 5.91 Å². The first-order valence-electron chi connectivity index (χ1n) is 10.3. The van der Waals surface area contributed by atoms with E-state index < -0.39 is 0 Å². The van der Waals surface area contributed by atoms with E-state index in [1.807, 2.05) is 60.8 Å². The van der Waals surface area contributed by atoms with Gasteiger partial charge in [-0.25, -0.2) is 4.98 Å². The SMILES string of the molecule is C=CCn1c(SCC(=O)Nc2cc(C)ccc2OC)nc2scc(-c3ccccc3)c2c1=O. The summed E-state index contributed by atoms with van der Waals surface area (Å²) in [6.07, 6.45) is 1.66. The average molecular weight is 478 g/mol. The maximum Gasteiger partial charge on any atom is 0.263 e. The summed E-state index contributed by atoms with van der Waals surface area (Å²) in [7, 11) is 1.56. The molecule has 0 saturated carbocycles. The summed E-state index contributed by atoms with van der Waals surface area (Å²) < 4.78 is 6.90. The number of thiophene rings is 1. The van der Waals surface area contributed by atoms with Gasteiger partial charge in [-0.2, -0.15) is 0 Å². The van der Waals surface area contributed by atoms with Crippen LogP contribution in [0.3, 0.4) is 0 Å². The molecule has 0 radical (unpaired) electrons. The quantitative estimate of drug-likeness (QED) is 0.210. The molecular weight excluding hydrogens is 454 g/mol. The number of thioether (sulfide) groups is 1. The van der Waals surface area contributed by atoms with Gasteiger partial charge in [0.15, 0.2) is 5.16 Å². The molecule has 4 rings (SSSR count).